The van der Waals surface area contributed by atoms with E-state index < -0.39 is 24.1 Å². The number of hydrogen-bond donors (Lipinski definition) is 0. The zero-order chi connectivity index (χ0) is 37.1. The average Bonchev–Trinajstić information content (AvgIpc) is 3.06. The van der Waals surface area contributed by atoms with Crippen molar-refractivity contribution in [2.24, 2.45) is 0 Å². The number of nitrogens with zero attached hydrogens (tertiary/aromatic N) is 1. The second-order valence-corrected chi connectivity index (χ2v) is 14.5. The van der Waals surface area contributed by atoms with E-state index in [1.54, 1.807) is 27.2 Å². The first-order valence-electron chi connectivity index (χ1n) is 20.0. The van der Waals surface area contributed by atoms with Crippen molar-refractivity contribution in [2.45, 2.75) is 174 Å². The van der Waals surface area contributed by atoms with Gasteiger partial charge < -0.3 is 28.6 Å². The highest BCUT2D eigenvalue weighted by Gasteiger charge is 2.25. The van der Waals surface area contributed by atoms with Crippen LogP contribution in [0.4, 0.5) is 0 Å². The molecule has 0 spiro atoms. The van der Waals surface area contributed by atoms with Gasteiger partial charge in [-0.2, -0.15) is 0 Å². The van der Waals surface area contributed by atoms with Crippen molar-refractivity contribution in [2.75, 3.05) is 41.0 Å². The van der Waals surface area contributed by atoms with Crippen molar-refractivity contribution in [3.63, 3.8) is 0 Å². The third-order valence-corrected chi connectivity index (χ3v) is 8.82. The lowest BCUT2D eigenvalue weighted by atomic mass is 10.0. The Hall–Kier alpha value is -2.45. The van der Waals surface area contributed by atoms with Gasteiger partial charge in [0.25, 0.3) is 0 Å². The first kappa shape index (κ1) is 47.5. The number of carbonyl (C=O) groups is 3. The van der Waals surface area contributed by atoms with E-state index in [1.165, 1.54) is 89.9 Å². The van der Waals surface area contributed by atoms with Crippen LogP contribution < -0.4 is 5.11 Å². The summed E-state index contributed by atoms with van der Waals surface area (Å²) in [5.74, 6) is -1.89. The van der Waals surface area contributed by atoms with Crippen LogP contribution in [0.5, 0.6) is 0 Å². The lowest BCUT2D eigenvalue weighted by molar-refractivity contribution is -0.889. The molecule has 2 unspecified atom stereocenters. The minimum Gasteiger partial charge on any atom is -0.544 e. The van der Waals surface area contributed by atoms with Gasteiger partial charge >= 0.3 is 11.9 Å². The number of aliphatic carboxylic acids is 1. The van der Waals surface area contributed by atoms with E-state index in [0.29, 0.717) is 6.42 Å². The molecule has 0 aromatic carbocycles. The predicted molar refractivity (Wildman–Crippen MR) is 203 cm³/mol. The highest BCUT2D eigenvalue weighted by Crippen LogP contribution is 2.15. The number of unbranched alkanes of at least 4 members (excludes halogenated alkanes) is 16. The third kappa shape index (κ3) is 31.5. The van der Waals surface area contributed by atoms with Gasteiger partial charge in [0.15, 0.2) is 6.10 Å². The van der Waals surface area contributed by atoms with E-state index in [9.17, 15) is 19.5 Å². The fourth-order valence-corrected chi connectivity index (χ4v) is 5.72. The molecule has 0 N–H and O–H groups in total. The molecule has 0 aliphatic rings. The van der Waals surface area contributed by atoms with Gasteiger partial charge in [-0.3, -0.25) is 9.59 Å². The largest absolute Gasteiger partial charge is 0.544 e. The van der Waals surface area contributed by atoms with E-state index >= 15 is 0 Å². The Morgan fingerprint density at radius 2 is 1.10 bits per heavy atom. The minimum atomic E-state index is -1.14. The molecule has 0 aromatic heterocycles. The zero-order valence-electron chi connectivity index (χ0n) is 32.8. The van der Waals surface area contributed by atoms with Crippen LogP contribution in [-0.2, 0) is 28.6 Å². The highest BCUT2D eigenvalue weighted by atomic mass is 16.6. The monoisotopic (exact) mass is 706 g/mol. The lowest BCUT2D eigenvalue weighted by Gasteiger charge is -2.34. The molecule has 0 bridgehead atoms. The molecule has 0 saturated heterocycles. The van der Waals surface area contributed by atoms with E-state index in [-0.39, 0.29) is 43.1 Å². The van der Waals surface area contributed by atoms with Crippen LogP contribution in [0.1, 0.15) is 162 Å². The quantitative estimate of drug-likeness (QED) is 0.0281. The third-order valence-electron chi connectivity index (χ3n) is 8.82. The molecular formula is C42H75NO7. The molecule has 2 atom stereocenters. The smallest absolute Gasteiger partial charge is 0.310 e. The molecule has 0 radical (unpaired) electrons. The van der Waals surface area contributed by atoms with E-state index in [0.717, 1.165) is 38.5 Å². The maximum atomic E-state index is 12.5. The number of quaternary nitrogens is 1. The topological polar surface area (TPSA) is 102 Å². The summed E-state index contributed by atoms with van der Waals surface area (Å²) in [5.41, 5.74) is 0. The van der Waals surface area contributed by atoms with Crippen molar-refractivity contribution in [3.8, 4) is 0 Å². The van der Waals surface area contributed by atoms with Crippen molar-refractivity contribution in [3.05, 3.63) is 36.5 Å². The number of likely N-dealkylation sites (N-methyl/N-ethyl adjacent to an activating group) is 1. The second kappa shape index (κ2) is 33.7. The normalized spacial score (nSPS) is 13.4. The van der Waals surface area contributed by atoms with Gasteiger partial charge in [0.2, 0.25) is 0 Å². The number of carboxylic acid groups (broad SMARTS) is 1. The van der Waals surface area contributed by atoms with Crippen LogP contribution >= 0.6 is 0 Å². The van der Waals surface area contributed by atoms with Gasteiger partial charge in [-0.1, -0.05) is 153 Å². The van der Waals surface area contributed by atoms with Crippen LogP contribution in [0.3, 0.4) is 0 Å². The van der Waals surface area contributed by atoms with Gasteiger partial charge in [0.1, 0.15) is 12.6 Å². The van der Waals surface area contributed by atoms with Crippen molar-refractivity contribution < 1.29 is 38.2 Å². The molecule has 8 nitrogen and oxygen atoms in total. The molecule has 290 valence electrons. The Labute approximate surface area is 306 Å². The lowest BCUT2D eigenvalue weighted by Crippen LogP contribution is -2.55. The van der Waals surface area contributed by atoms with Crippen molar-refractivity contribution >= 4 is 17.9 Å². The molecule has 0 saturated carbocycles. The number of allylic oxidation sites excluding steroid dienone is 5. The number of rotatable bonds is 35. The summed E-state index contributed by atoms with van der Waals surface area (Å²) in [6, 6.07) is -0.736. The number of esters is 2. The first-order chi connectivity index (χ1) is 24.1. The van der Waals surface area contributed by atoms with Gasteiger partial charge in [0, 0.05) is 12.8 Å². The summed E-state index contributed by atoms with van der Waals surface area (Å²) in [6.45, 7) is 4.43. The summed E-state index contributed by atoms with van der Waals surface area (Å²) in [4.78, 5) is 36.5. The second-order valence-electron chi connectivity index (χ2n) is 14.5. The first-order valence-corrected chi connectivity index (χ1v) is 20.0. The van der Waals surface area contributed by atoms with Gasteiger partial charge in [-0.25, -0.2) is 0 Å². The maximum absolute atomic E-state index is 12.5. The Morgan fingerprint density at radius 1 is 0.620 bits per heavy atom. The summed E-state index contributed by atoms with van der Waals surface area (Å²) in [7, 11) is 5.37. The van der Waals surface area contributed by atoms with Gasteiger partial charge in [-0.05, 0) is 25.7 Å². The van der Waals surface area contributed by atoms with E-state index in [4.69, 9.17) is 14.2 Å². The van der Waals surface area contributed by atoms with Crippen LogP contribution in [0, 0.1) is 0 Å². The Bertz CT molecular complexity index is 922. The maximum Gasteiger partial charge on any atom is 0.310 e. The molecule has 0 rings (SSSR count). The van der Waals surface area contributed by atoms with Crippen LogP contribution in [0.15, 0.2) is 36.5 Å². The number of ether oxygens (including phenoxy) is 3. The Balaban J connectivity index is 4.35. The molecule has 0 aliphatic heterocycles. The molecule has 0 heterocycles. The molecule has 0 fully saturated rings. The van der Waals surface area contributed by atoms with Crippen molar-refractivity contribution in [1.82, 2.24) is 0 Å². The molecule has 0 amide bonds. The SMILES string of the molecule is CC/C=C/C/C=C/C/C=C/CC(=O)OC(COCCC(C(=O)[O-])[N+](C)(C)C)COC(=O)CCCCCCCCCCCCCCCCCCC. The molecular weight excluding hydrogens is 630 g/mol. The molecule has 8 heteroatoms. The summed E-state index contributed by atoms with van der Waals surface area (Å²) >= 11 is 0. The fraction of sp³-hybridized carbons (Fsp3) is 0.786. The van der Waals surface area contributed by atoms with Crippen LogP contribution in [0.2, 0.25) is 0 Å². The number of carboxylic acids is 1. The predicted octanol–water partition coefficient (Wildman–Crippen LogP) is 8.96. The summed E-state index contributed by atoms with van der Waals surface area (Å²) in [6.07, 6.45) is 36.4. The Morgan fingerprint density at radius 3 is 1.58 bits per heavy atom. The van der Waals surface area contributed by atoms with E-state index in [2.05, 4.69) is 32.1 Å². The molecule has 0 aliphatic carbocycles. The molecule has 0 aromatic rings. The van der Waals surface area contributed by atoms with E-state index in [1.807, 2.05) is 12.2 Å². The van der Waals surface area contributed by atoms with Crippen LogP contribution in [0.25, 0.3) is 0 Å². The fourth-order valence-electron chi connectivity index (χ4n) is 5.72. The van der Waals surface area contributed by atoms with Gasteiger partial charge in [-0.15, -0.1) is 0 Å². The van der Waals surface area contributed by atoms with Gasteiger partial charge in [0.05, 0.1) is 46.7 Å². The number of carbonyl (C=O) groups excluding carboxylic acids is 3. The van der Waals surface area contributed by atoms with Crippen LogP contribution in [-0.4, -0.2) is 75.5 Å². The summed E-state index contributed by atoms with van der Waals surface area (Å²) < 4.78 is 17.0. The number of hydrogen-bond acceptors (Lipinski definition) is 7. The highest BCUT2D eigenvalue weighted by molar-refractivity contribution is 5.71. The zero-order valence-corrected chi connectivity index (χ0v) is 32.8. The Kier molecular flexibility index (Phi) is 32.0. The summed E-state index contributed by atoms with van der Waals surface area (Å²) in [5, 5.41) is 11.6. The minimum absolute atomic E-state index is 0.00673. The standard InChI is InChI=1S/C42H75NO7/c1-6-8-10-12-14-16-17-18-19-20-21-22-23-25-26-28-30-32-40(44)49-37-38(36-48-35-34-39(42(46)47)43(3,4)5)50-41(45)33-31-29-27-24-15-13-11-9-7-2/h9,11,15,24,29,31,38-39H,6-8,10,12-14,16-23,25-28,30,32-37H2,1-5H3/b11-9+,24-15+,31-29+. The molecule has 50 heavy (non-hydrogen) atoms. The van der Waals surface area contributed by atoms with Crippen molar-refractivity contribution in [1.29, 1.82) is 0 Å². The average molecular weight is 706 g/mol.